The van der Waals surface area contributed by atoms with E-state index in [0.29, 0.717) is 0 Å². The second-order valence-electron chi connectivity index (χ2n) is 5.55. The first kappa shape index (κ1) is 12.6. The lowest BCUT2D eigenvalue weighted by molar-refractivity contribution is 0.477. The predicted molar refractivity (Wildman–Crippen MR) is 74.2 cm³/mol. The lowest BCUT2D eigenvalue weighted by atomic mass is 10.0. The molecule has 0 heterocycles. The van der Waals surface area contributed by atoms with Crippen molar-refractivity contribution in [3.05, 3.63) is 34.9 Å². The molecule has 1 N–H and O–H groups in total. The molecule has 1 aliphatic carbocycles. The van der Waals surface area contributed by atoms with Crippen LogP contribution in [0.2, 0.25) is 0 Å². The minimum atomic E-state index is 1.00. The maximum atomic E-state index is 3.60. The third kappa shape index (κ3) is 3.85. The second kappa shape index (κ2) is 6.20. The number of hydrogen-bond donors (Lipinski definition) is 1. The first-order valence-electron chi connectivity index (χ1n) is 7.02. The summed E-state index contributed by atoms with van der Waals surface area (Å²) >= 11 is 0. The van der Waals surface area contributed by atoms with Crippen molar-refractivity contribution >= 4 is 0 Å². The Hall–Kier alpha value is -0.820. The Morgan fingerprint density at radius 2 is 1.94 bits per heavy atom. The number of rotatable bonds is 5. The van der Waals surface area contributed by atoms with E-state index < -0.39 is 0 Å². The zero-order chi connectivity index (χ0) is 12.1. The molecular weight excluding hydrogens is 206 g/mol. The van der Waals surface area contributed by atoms with E-state index in [2.05, 4.69) is 37.4 Å². The van der Waals surface area contributed by atoms with Crippen LogP contribution in [0.1, 0.15) is 48.8 Å². The Morgan fingerprint density at radius 1 is 1.18 bits per heavy atom. The molecule has 94 valence electrons. The molecule has 1 aromatic rings. The smallest absolute Gasteiger partial charge is 0.0208 e. The SMILES string of the molecule is Cc1ccc(C)c(CNCCC2CCCC2)c1. The third-order valence-corrected chi connectivity index (χ3v) is 4.02. The van der Waals surface area contributed by atoms with Gasteiger partial charge in [-0.2, -0.15) is 0 Å². The summed E-state index contributed by atoms with van der Waals surface area (Å²) in [4.78, 5) is 0. The monoisotopic (exact) mass is 231 g/mol. The summed E-state index contributed by atoms with van der Waals surface area (Å²) in [5.41, 5.74) is 4.23. The minimum absolute atomic E-state index is 1.00. The van der Waals surface area contributed by atoms with Crippen LogP contribution < -0.4 is 5.32 Å². The summed E-state index contributed by atoms with van der Waals surface area (Å²) in [6.45, 7) is 6.58. The summed E-state index contributed by atoms with van der Waals surface area (Å²) < 4.78 is 0. The molecule has 0 atom stereocenters. The Kier molecular flexibility index (Phi) is 4.61. The molecule has 2 rings (SSSR count). The topological polar surface area (TPSA) is 12.0 Å². The van der Waals surface area contributed by atoms with Gasteiger partial charge in [0.05, 0.1) is 0 Å². The van der Waals surface area contributed by atoms with Crippen LogP contribution in [-0.2, 0) is 6.54 Å². The highest BCUT2D eigenvalue weighted by molar-refractivity contribution is 5.30. The molecule has 0 spiro atoms. The zero-order valence-corrected chi connectivity index (χ0v) is 11.3. The van der Waals surface area contributed by atoms with Crippen LogP contribution >= 0.6 is 0 Å². The van der Waals surface area contributed by atoms with Crippen molar-refractivity contribution in [2.24, 2.45) is 5.92 Å². The molecule has 0 aliphatic heterocycles. The van der Waals surface area contributed by atoms with Crippen molar-refractivity contribution in [1.29, 1.82) is 0 Å². The number of nitrogens with one attached hydrogen (secondary N) is 1. The molecule has 1 aliphatic rings. The van der Waals surface area contributed by atoms with Crippen LogP contribution in [0, 0.1) is 19.8 Å². The van der Waals surface area contributed by atoms with Gasteiger partial charge in [-0.15, -0.1) is 0 Å². The molecule has 1 aromatic carbocycles. The highest BCUT2D eigenvalue weighted by Gasteiger charge is 2.13. The Bertz CT molecular complexity index is 351. The van der Waals surface area contributed by atoms with Crippen LogP contribution in [0.4, 0.5) is 0 Å². The van der Waals surface area contributed by atoms with E-state index in [9.17, 15) is 0 Å². The van der Waals surface area contributed by atoms with Crippen molar-refractivity contribution in [1.82, 2.24) is 5.32 Å². The highest BCUT2D eigenvalue weighted by Crippen LogP contribution is 2.26. The van der Waals surface area contributed by atoms with Crippen LogP contribution in [0.3, 0.4) is 0 Å². The van der Waals surface area contributed by atoms with Gasteiger partial charge >= 0.3 is 0 Å². The highest BCUT2D eigenvalue weighted by atomic mass is 14.8. The summed E-state index contributed by atoms with van der Waals surface area (Å²) in [7, 11) is 0. The Morgan fingerprint density at radius 3 is 2.71 bits per heavy atom. The number of benzene rings is 1. The summed E-state index contributed by atoms with van der Waals surface area (Å²) in [5, 5.41) is 3.60. The average molecular weight is 231 g/mol. The molecule has 1 saturated carbocycles. The fourth-order valence-corrected chi connectivity index (χ4v) is 2.82. The molecular formula is C16H25N. The quantitative estimate of drug-likeness (QED) is 0.756. The van der Waals surface area contributed by atoms with E-state index in [4.69, 9.17) is 0 Å². The van der Waals surface area contributed by atoms with Crippen LogP contribution in [0.25, 0.3) is 0 Å². The minimum Gasteiger partial charge on any atom is -0.313 e. The van der Waals surface area contributed by atoms with Gasteiger partial charge in [-0.05, 0) is 43.9 Å². The van der Waals surface area contributed by atoms with Gasteiger partial charge in [-0.3, -0.25) is 0 Å². The fraction of sp³-hybridized carbons (Fsp3) is 0.625. The van der Waals surface area contributed by atoms with Crippen LogP contribution in [-0.4, -0.2) is 6.54 Å². The zero-order valence-electron chi connectivity index (χ0n) is 11.3. The third-order valence-electron chi connectivity index (χ3n) is 4.02. The predicted octanol–water partition coefficient (Wildman–Crippen LogP) is 3.97. The van der Waals surface area contributed by atoms with Gasteiger partial charge in [0.2, 0.25) is 0 Å². The molecule has 0 saturated heterocycles. The fourth-order valence-electron chi connectivity index (χ4n) is 2.82. The first-order valence-corrected chi connectivity index (χ1v) is 7.02. The molecule has 0 amide bonds. The molecule has 17 heavy (non-hydrogen) atoms. The molecule has 0 aromatic heterocycles. The summed E-state index contributed by atoms with van der Waals surface area (Å²) in [6, 6.07) is 6.72. The molecule has 0 unspecified atom stereocenters. The van der Waals surface area contributed by atoms with Gasteiger partial charge in [0.25, 0.3) is 0 Å². The van der Waals surface area contributed by atoms with Crippen LogP contribution in [0.5, 0.6) is 0 Å². The molecule has 1 heteroatoms. The van der Waals surface area contributed by atoms with E-state index in [-0.39, 0.29) is 0 Å². The van der Waals surface area contributed by atoms with Gasteiger partial charge in [0.15, 0.2) is 0 Å². The van der Waals surface area contributed by atoms with E-state index in [0.717, 1.165) is 12.5 Å². The largest absolute Gasteiger partial charge is 0.313 e. The summed E-state index contributed by atoms with van der Waals surface area (Å²) in [5.74, 6) is 1.00. The van der Waals surface area contributed by atoms with Gasteiger partial charge in [0.1, 0.15) is 0 Å². The first-order chi connectivity index (χ1) is 8.25. The lowest BCUT2D eigenvalue weighted by Crippen LogP contribution is -2.17. The van der Waals surface area contributed by atoms with E-state index in [1.165, 1.54) is 55.3 Å². The normalized spacial score (nSPS) is 16.6. The van der Waals surface area contributed by atoms with Crippen LogP contribution in [0.15, 0.2) is 18.2 Å². The van der Waals surface area contributed by atoms with Crippen molar-refractivity contribution in [3.8, 4) is 0 Å². The number of hydrogen-bond acceptors (Lipinski definition) is 1. The lowest BCUT2D eigenvalue weighted by Gasteiger charge is -2.11. The molecule has 0 bridgehead atoms. The molecule has 1 fully saturated rings. The standard InChI is InChI=1S/C16H25N/c1-13-7-8-14(2)16(11-13)12-17-10-9-15-5-3-4-6-15/h7-8,11,15,17H,3-6,9-10,12H2,1-2H3. The Labute approximate surface area is 106 Å². The van der Waals surface area contributed by atoms with Crippen molar-refractivity contribution < 1.29 is 0 Å². The van der Waals surface area contributed by atoms with E-state index >= 15 is 0 Å². The Balaban J connectivity index is 1.72. The van der Waals surface area contributed by atoms with E-state index in [1.807, 2.05) is 0 Å². The van der Waals surface area contributed by atoms with E-state index in [1.54, 1.807) is 0 Å². The number of aryl methyl sites for hydroxylation is 2. The van der Waals surface area contributed by atoms with Crippen molar-refractivity contribution in [2.75, 3.05) is 6.54 Å². The van der Waals surface area contributed by atoms with Gasteiger partial charge in [-0.1, -0.05) is 49.4 Å². The maximum Gasteiger partial charge on any atom is 0.0208 e. The molecule has 0 radical (unpaired) electrons. The van der Waals surface area contributed by atoms with Crippen molar-refractivity contribution in [3.63, 3.8) is 0 Å². The second-order valence-corrected chi connectivity index (χ2v) is 5.55. The van der Waals surface area contributed by atoms with Gasteiger partial charge in [-0.25, -0.2) is 0 Å². The van der Waals surface area contributed by atoms with Crippen molar-refractivity contribution in [2.45, 2.75) is 52.5 Å². The van der Waals surface area contributed by atoms with Gasteiger partial charge in [0, 0.05) is 6.54 Å². The van der Waals surface area contributed by atoms with Gasteiger partial charge < -0.3 is 5.32 Å². The average Bonchev–Trinajstić information content (AvgIpc) is 2.82. The molecule has 1 nitrogen and oxygen atoms in total. The maximum absolute atomic E-state index is 3.60. The summed E-state index contributed by atoms with van der Waals surface area (Å²) in [6.07, 6.45) is 7.21.